The van der Waals surface area contributed by atoms with Crippen molar-refractivity contribution in [1.29, 1.82) is 0 Å². The van der Waals surface area contributed by atoms with Crippen LogP contribution in [0.3, 0.4) is 0 Å². The van der Waals surface area contributed by atoms with Gasteiger partial charge in [-0.25, -0.2) is 4.98 Å². The number of aromatic nitrogens is 2. The van der Waals surface area contributed by atoms with Crippen molar-refractivity contribution in [2.75, 3.05) is 6.54 Å². The Labute approximate surface area is 194 Å². The molecule has 1 saturated heterocycles. The van der Waals surface area contributed by atoms with E-state index in [1.807, 2.05) is 49.4 Å². The molecule has 3 heterocycles. The van der Waals surface area contributed by atoms with E-state index in [2.05, 4.69) is 6.92 Å². The van der Waals surface area contributed by atoms with E-state index in [-0.39, 0.29) is 11.5 Å². The number of pyridine rings is 1. The van der Waals surface area contributed by atoms with E-state index in [1.54, 1.807) is 17.2 Å². The highest BCUT2D eigenvalue weighted by Crippen LogP contribution is 2.35. The number of thiocarbonyl (C=S) groups is 1. The molecule has 1 aliphatic heterocycles. The largest absolute Gasteiger partial charge is 0.293 e. The van der Waals surface area contributed by atoms with Crippen LogP contribution in [0.1, 0.15) is 30.9 Å². The molecule has 3 aromatic rings. The van der Waals surface area contributed by atoms with Gasteiger partial charge in [-0.3, -0.25) is 18.9 Å². The van der Waals surface area contributed by atoms with Crippen LogP contribution in [-0.2, 0) is 4.79 Å². The van der Waals surface area contributed by atoms with Crippen molar-refractivity contribution in [2.24, 2.45) is 0 Å². The van der Waals surface area contributed by atoms with Crippen molar-refractivity contribution in [3.05, 3.63) is 75.0 Å². The van der Waals surface area contributed by atoms with Crippen LogP contribution in [-0.4, -0.2) is 31.1 Å². The summed E-state index contributed by atoms with van der Waals surface area (Å²) in [7, 11) is 0. The van der Waals surface area contributed by atoms with Gasteiger partial charge in [0.05, 0.1) is 10.5 Å². The predicted octanol–water partition coefficient (Wildman–Crippen LogP) is 5.16. The number of fused-ring (bicyclic) bond motifs is 1. The number of thioether (sulfide) groups is 1. The highest BCUT2D eigenvalue weighted by atomic mass is 32.2. The molecule has 0 spiro atoms. The molecule has 1 aliphatic rings. The third kappa shape index (κ3) is 4.46. The Balaban J connectivity index is 1.84. The summed E-state index contributed by atoms with van der Waals surface area (Å²) in [5, 5.41) is 0.573. The zero-order valence-electron chi connectivity index (χ0n) is 17.2. The van der Waals surface area contributed by atoms with Crippen LogP contribution in [0.5, 0.6) is 0 Å². The average molecular weight is 468 g/mol. The molecule has 8 heteroatoms. The molecule has 31 heavy (non-hydrogen) atoms. The predicted molar refractivity (Wildman–Crippen MR) is 132 cm³/mol. The zero-order chi connectivity index (χ0) is 22.0. The fourth-order valence-corrected chi connectivity index (χ4v) is 5.43. The third-order valence-electron chi connectivity index (χ3n) is 4.89. The Morgan fingerprint density at radius 3 is 2.68 bits per heavy atom. The fourth-order valence-electron chi connectivity index (χ4n) is 3.23. The fraction of sp³-hybridized carbons (Fsp3) is 0.217. The van der Waals surface area contributed by atoms with Gasteiger partial charge < -0.3 is 0 Å². The summed E-state index contributed by atoms with van der Waals surface area (Å²) in [4.78, 5) is 34.2. The maximum atomic E-state index is 13.4. The first kappa shape index (κ1) is 21.8. The van der Waals surface area contributed by atoms with Gasteiger partial charge in [-0.1, -0.05) is 73.4 Å². The molecule has 0 aliphatic carbocycles. The normalized spacial score (nSPS) is 15.4. The third-order valence-corrected chi connectivity index (χ3v) is 7.28. The summed E-state index contributed by atoms with van der Waals surface area (Å²) in [6, 6.07) is 13.5. The average Bonchev–Trinajstić information content (AvgIpc) is 3.03. The van der Waals surface area contributed by atoms with Crippen LogP contribution in [0.2, 0.25) is 0 Å². The molecule has 1 aromatic carbocycles. The molecule has 0 bridgehead atoms. The lowest BCUT2D eigenvalue weighted by atomic mass is 10.2. The van der Waals surface area contributed by atoms with Gasteiger partial charge in [-0.15, -0.1) is 0 Å². The van der Waals surface area contributed by atoms with E-state index in [9.17, 15) is 9.59 Å². The minimum Gasteiger partial charge on any atom is -0.293 e. The van der Waals surface area contributed by atoms with Crippen LogP contribution >= 0.6 is 35.7 Å². The Hall–Kier alpha value is -2.42. The number of carbonyl (C=O) groups excluding carboxylic acids is 1. The zero-order valence-corrected chi connectivity index (χ0v) is 19.6. The summed E-state index contributed by atoms with van der Waals surface area (Å²) in [6.07, 6.45) is 5.22. The molecule has 1 fully saturated rings. The van der Waals surface area contributed by atoms with Gasteiger partial charge in [-0.2, -0.15) is 0 Å². The van der Waals surface area contributed by atoms with Gasteiger partial charge in [-0.05, 0) is 43.2 Å². The highest BCUT2D eigenvalue weighted by molar-refractivity contribution is 8.26. The van der Waals surface area contributed by atoms with E-state index >= 15 is 0 Å². The standard InChI is InChI=1S/C23H21N3O2S3/c1-3-4-12-26-22(28)18(31-23(26)29)14-17-20(30-16-10-6-5-7-11-16)24-19-15(2)9-8-13-25(19)21(17)27/h5-11,13-14H,3-4,12H2,1-2H3/b18-14-. The second-order valence-electron chi connectivity index (χ2n) is 7.12. The van der Waals surface area contributed by atoms with Crippen LogP contribution in [0.25, 0.3) is 11.7 Å². The van der Waals surface area contributed by atoms with Crippen LogP contribution < -0.4 is 5.56 Å². The van der Waals surface area contributed by atoms with Gasteiger partial charge in [0.15, 0.2) is 0 Å². The monoisotopic (exact) mass is 467 g/mol. The number of unbranched alkanes of at least 4 members (excludes halogenated alkanes) is 1. The molecule has 5 nitrogen and oxygen atoms in total. The molecular weight excluding hydrogens is 446 g/mol. The van der Waals surface area contributed by atoms with E-state index < -0.39 is 0 Å². The maximum Gasteiger partial charge on any atom is 0.266 e. The Morgan fingerprint density at radius 1 is 1.16 bits per heavy atom. The van der Waals surface area contributed by atoms with Crippen LogP contribution in [0, 0.1) is 6.92 Å². The van der Waals surface area contributed by atoms with Gasteiger partial charge in [0.1, 0.15) is 15.0 Å². The molecule has 2 aromatic heterocycles. The summed E-state index contributed by atoms with van der Waals surface area (Å²) >= 11 is 8.07. The number of amides is 1. The van der Waals surface area contributed by atoms with Crippen molar-refractivity contribution < 1.29 is 4.79 Å². The number of hydrogen-bond acceptors (Lipinski definition) is 6. The second-order valence-corrected chi connectivity index (χ2v) is 9.86. The molecule has 0 unspecified atom stereocenters. The Bertz CT molecular complexity index is 1250. The van der Waals surface area contributed by atoms with Crippen molar-refractivity contribution in [1.82, 2.24) is 14.3 Å². The summed E-state index contributed by atoms with van der Waals surface area (Å²) in [5.74, 6) is -0.146. The minimum absolute atomic E-state index is 0.146. The van der Waals surface area contributed by atoms with E-state index in [0.717, 1.165) is 23.3 Å². The first-order valence-electron chi connectivity index (χ1n) is 10.00. The van der Waals surface area contributed by atoms with E-state index in [4.69, 9.17) is 17.2 Å². The smallest absolute Gasteiger partial charge is 0.266 e. The Kier molecular flexibility index (Phi) is 6.60. The summed E-state index contributed by atoms with van der Waals surface area (Å²) in [6.45, 7) is 4.60. The molecule has 4 rings (SSSR count). The lowest BCUT2D eigenvalue weighted by Gasteiger charge is -2.13. The number of benzene rings is 1. The minimum atomic E-state index is -0.203. The van der Waals surface area contributed by atoms with Gasteiger partial charge in [0, 0.05) is 17.6 Å². The number of aryl methyl sites for hydroxylation is 1. The van der Waals surface area contributed by atoms with Gasteiger partial charge in [0.25, 0.3) is 11.5 Å². The summed E-state index contributed by atoms with van der Waals surface area (Å²) in [5.41, 5.74) is 1.71. The summed E-state index contributed by atoms with van der Waals surface area (Å²) < 4.78 is 2.07. The molecule has 0 N–H and O–H groups in total. The molecule has 0 saturated carbocycles. The number of rotatable bonds is 6. The quantitative estimate of drug-likeness (QED) is 0.284. The number of carbonyl (C=O) groups is 1. The first-order chi connectivity index (χ1) is 15.0. The van der Waals surface area contributed by atoms with Crippen molar-refractivity contribution in [3.63, 3.8) is 0 Å². The second kappa shape index (κ2) is 9.38. The van der Waals surface area contributed by atoms with Crippen molar-refractivity contribution in [2.45, 2.75) is 36.6 Å². The van der Waals surface area contributed by atoms with Crippen molar-refractivity contribution >= 4 is 57.7 Å². The number of nitrogens with zero attached hydrogens (tertiary/aromatic N) is 3. The van der Waals surface area contributed by atoms with E-state index in [0.29, 0.717) is 32.0 Å². The first-order valence-corrected chi connectivity index (χ1v) is 12.0. The molecule has 0 atom stereocenters. The lowest BCUT2D eigenvalue weighted by molar-refractivity contribution is -0.122. The Morgan fingerprint density at radius 2 is 1.94 bits per heavy atom. The lowest BCUT2D eigenvalue weighted by Crippen LogP contribution is -2.29. The molecular formula is C23H21N3O2S3. The molecule has 1 amide bonds. The number of hydrogen-bond donors (Lipinski definition) is 0. The van der Waals surface area contributed by atoms with Crippen LogP contribution in [0.4, 0.5) is 0 Å². The van der Waals surface area contributed by atoms with Gasteiger partial charge >= 0.3 is 0 Å². The highest BCUT2D eigenvalue weighted by Gasteiger charge is 2.32. The van der Waals surface area contributed by atoms with Gasteiger partial charge in [0.2, 0.25) is 0 Å². The maximum absolute atomic E-state index is 13.4. The topological polar surface area (TPSA) is 54.7 Å². The molecule has 158 valence electrons. The van der Waals surface area contributed by atoms with E-state index in [1.165, 1.54) is 27.9 Å². The molecule has 0 radical (unpaired) electrons. The van der Waals surface area contributed by atoms with Crippen molar-refractivity contribution in [3.8, 4) is 0 Å². The SMILES string of the molecule is CCCCN1C(=O)/C(=C/c2c(Sc3ccccc3)nc3c(C)cccn3c2=O)SC1=S. The van der Waals surface area contributed by atoms with Crippen LogP contribution in [0.15, 0.2) is 68.3 Å².